The fourth-order valence-corrected chi connectivity index (χ4v) is 19.7. The van der Waals surface area contributed by atoms with E-state index in [4.69, 9.17) is 56.8 Å². The minimum atomic E-state index is -3.71. The van der Waals surface area contributed by atoms with Crippen molar-refractivity contribution in [1.82, 2.24) is 21.3 Å². The summed E-state index contributed by atoms with van der Waals surface area (Å²) in [6, 6.07) is -7.20. The number of aliphatic carboxylic acids is 3. The summed E-state index contributed by atoms with van der Waals surface area (Å²) in [6.07, 6.45) is -23.6. The molecule has 35 atom stereocenters. The molecule has 6 fully saturated rings. The molecule has 6 aliphatic rings. The third kappa shape index (κ3) is 38.7. The second-order valence-corrected chi connectivity index (χ2v) is 39.6. The van der Waals surface area contributed by atoms with Gasteiger partial charge >= 0.3 is 17.9 Å². The number of aliphatic hydroxyl groups is 19. The van der Waals surface area contributed by atoms with Crippen LogP contribution in [0.2, 0.25) is 0 Å². The number of ketones is 1. The number of aliphatic hydroxyl groups excluding tert-OH is 19. The number of Topliss-reactive ketones (excluding diaryl/α,β-unsaturated/α-hetero) is 1. The minimum Gasteiger partial charge on any atom is -0.477 e. The lowest BCUT2D eigenvalue weighted by molar-refractivity contribution is -0.404. The summed E-state index contributed by atoms with van der Waals surface area (Å²) in [5.41, 5.74) is 0. The van der Waals surface area contributed by atoms with Crippen LogP contribution in [0, 0.1) is 5.92 Å². The van der Waals surface area contributed by atoms with Crippen molar-refractivity contribution in [3.8, 4) is 0 Å². The van der Waals surface area contributed by atoms with Gasteiger partial charge in [0.05, 0.1) is 101 Å². The molecule has 6 rings (SSSR count). The molecule has 6 saturated heterocycles. The molecule has 0 spiro atoms. The summed E-state index contributed by atoms with van der Waals surface area (Å²) in [6.45, 7) is -0.482. The van der Waals surface area contributed by atoms with Gasteiger partial charge in [0.15, 0.2) is 18.9 Å². The van der Waals surface area contributed by atoms with Crippen LogP contribution in [0.5, 0.6) is 0 Å². The van der Waals surface area contributed by atoms with Crippen molar-refractivity contribution in [2.24, 2.45) is 5.92 Å². The molecule has 0 saturated carbocycles. The van der Waals surface area contributed by atoms with Gasteiger partial charge in [0, 0.05) is 58.8 Å². The monoisotopic (exact) mass is 2080 g/mol. The second-order valence-electron chi connectivity index (χ2n) is 39.6. The molecule has 836 valence electrons. The minimum absolute atomic E-state index is 0.104. The van der Waals surface area contributed by atoms with E-state index in [1.807, 2.05) is 0 Å². The summed E-state index contributed by atoms with van der Waals surface area (Å²) >= 11 is 0. The van der Waals surface area contributed by atoms with Gasteiger partial charge in [0.1, 0.15) is 122 Å². The van der Waals surface area contributed by atoms with Gasteiger partial charge in [-0.3, -0.25) is 19.2 Å². The van der Waals surface area contributed by atoms with Crippen molar-refractivity contribution in [1.29, 1.82) is 0 Å². The molecule has 46 nitrogen and oxygen atoms in total. The van der Waals surface area contributed by atoms with Crippen molar-refractivity contribution in [2.45, 2.75) is 505 Å². The van der Waals surface area contributed by atoms with Gasteiger partial charge in [-0.1, -0.05) is 212 Å². The van der Waals surface area contributed by atoms with Crippen LogP contribution in [0.3, 0.4) is 0 Å². The number of amides is 4. The van der Waals surface area contributed by atoms with E-state index in [0.29, 0.717) is 12.8 Å². The predicted octanol–water partition coefficient (Wildman–Crippen LogP) is -0.308. The van der Waals surface area contributed by atoms with E-state index in [-0.39, 0.29) is 12.8 Å². The molecule has 6 aliphatic heterocycles. The maximum absolute atomic E-state index is 14.5. The molecule has 4 amide bonds. The maximum Gasteiger partial charge on any atom is 0.364 e. The van der Waals surface area contributed by atoms with Crippen molar-refractivity contribution < 1.29 is 208 Å². The zero-order valence-corrected chi connectivity index (χ0v) is 84.4. The van der Waals surface area contributed by atoms with Crippen LogP contribution in [0.15, 0.2) is 12.2 Å². The maximum atomic E-state index is 14.5. The van der Waals surface area contributed by atoms with Gasteiger partial charge in [-0.2, -0.15) is 0 Å². The highest BCUT2D eigenvalue weighted by Crippen LogP contribution is 2.45. The zero-order chi connectivity index (χ0) is 107. The Bertz CT molecular complexity index is 3720. The summed E-state index contributed by atoms with van der Waals surface area (Å²) < 4.78 is 72.2. The first-order valence-corrected chi connectivity index (χ1v) is 52.0. The number of nitrogens with one attached hydrogen (secondary N) is 4. The predicted molar refractivity (Wildman–Crippen MR) is 507 cm³/mol. The highest BCUT2D eigenvalue weighted by Gasteiger charge is 2.65. The molecule has 6 heterocycles. The summed E-state index contributed by atoms with van der Waals surface area (Å²) in [7, 11) is 0. The van der Waals surface area contributed by atoms with E-state index >= 15 is 0 Å². The number of unbranched alkanes of at least 4 members (excludes halogenated alkanes) is 31. The molecule has 0 radical (unpaired) electrons. The molecule has 0 aliphatic carbocycles. The van der Waals surface area contributed by atoms with Crippen LogP contribution in [0.25, 0.3) is 0 Å². The fourth-order valence-electron chi connectivity index (χ4n) is 19.7. The number of allylic oxidation sites excluding steroid dienone is 2. The standard InChI is InChI=1S/C98H172N4O42/c1-7-9-11-13-15-17-19-21-22-23-24-25-26-27-28-29-30-32-34-36-38-40-42-44-72(118)102-61(62(113)43-41-39-37-35-33-31-20-18-16-14-12-10-8-2)55-133-91-82(125)81(124)84(70(53-107)135-91)137-92-83(126)89(85(71(54-108)136-92)138-90-60(45-56(3)109)76(119)78(121)67(50-104)134-90)144-98(95(131)132)48-65(116)75(101-59(6)112)88(143-98)80(123)69(52-106)140-97(94(129)130)47-64(115)74(100-58(5)111)87(142-97)79(122)68(51-105)139-96(93(127)128)46-63(114)73(99-57(4)110)86(141-96)77(120)66(117)49-103/h21-22,60-71,73-92,103-108,113-117,119-126H,7-20,23-55H2,1-6H3,(H,99,110)(H,100,111)(H,101,112)(H,102,118)(H,127,128)(H,129,130)(H,131,132)/b22-21-/t60-,61+,62-,63+,64+,65+,66-,67-,68-,69-,70-,71-,73-,74-,75-,76-,77-,78+,79-,80-,81-,82-,83-,84-,85+,86?,87?,88?,89-,90+,91-,92+,96-,97-,98+/m1/s1. The average molecular weight is 2080 g/mol. The third-order valence-electron chi connectivity index (χ3n) is 27.8. The molecule has 26 N–H and O–H groups in total. The molecule has 0 aromatic carbocycles. The Balaban J connectivity index is 1.26. The van der Waals surface area contributed by atoms with Gasteiger partial charge in [-0.15, -0.1) is 0 Å². The van der Waals surface area contributed by atoms with Gasteiger partial charge in [0.2, 0.25) is 23.6 Å². The normalized spacial score (nSPS) is 32.8. The van der Waals surface area contributed by atoms with Crippen LogP contribution >= 0.6 is 0 Å². The van der Waals surface area contributed by atoms with Gasteiger partial charge < -0.3 is 195 Å². The molecule has 0 aromatic heterocycles. The molecule has 46 heteroatoms. The first-order chi connectivity index (χ1) is 68.6. The summed E-state index contributed by atoms with van der Waals surface area (Å²) in [5, 5.41) is 262. The second kappa shape index (κ2) is 65.6. The largest absolute Gasteiger partial charge is 0.477 e. The Labute approximate surface area is 842 Å². The Morgan fingerprint density at radius 1 is 0.389 bits per heavy atom. The zero-order valence-electron chi connectivity index (χ0n) is 84.4. The Morgan fingerprint density at radius 2 is 0.757 bits per heavy atom. The number of ether oxygens (including phenoxy) is 12. The number of carboxylic acids is 3. The van der Waals surface area contributed by atoms with E-state index < -0.39 is 332 Å². The Kier molecular flexibility index (Phi) is 58.0. The highest BCUT2D eigenvalue weighted by molar-refractivity contribution is 5.79. The average Bonchev–Trinajstić information content (AvgIpc) is 0.744. The summed E-state index contributed by atoms with van der Waals surface area (Å²) in [4.78, 5) is 107. The van der Waals surface area contributed by atoms with Crippen molar-refractivity contribution in [2.75, 3.05) is 46.2 Å². The van der Waals surface area contributed by atoms with Gasteiger partial charge in [0.25, 0.3) is 17.4 Å². The third-order valence-corrected chi connectivity index (χ3v) is 27.8. The van der Waals surface area contributed by atoms with Crippen molar-refractivity contribution >= 4 is 47.3 Å². The van der Waals surface area contributed by atoms with E-state index in [0.717, 1.165) is 111 Å². The molecular formula is C98H172N4O42. The van der Waals surface area contributed by atoms with E-state index in [1.165, 1.54) is 122 Å². The van der Waals surface area contributed by atoms with Gasteiger partial charge in [-0.05, 0) is 45.4 Å². The lowest BCUT2D eigenvalue weighted by atomic mass is 9.86. The number of carbonyl (C=O) groups excluding carboxylic acids is 5. The topological polar surface area (TPSA) is 741 Å². The molecule has 3 unspecified atom stereocenters. The van der Waals surface area contributed by atoms with Crippen molar-refractivity contribution in [3.63, 3.8) is 0 Å². The van der Waals surface area contributed by atoms with Crippen LogP contribution < -0.4 is 21.3 Å². The van der Waals surface area contributed by atoms with Crippen LogP contribution in [0.1, 0.15) is 298 Å². The number of rotatable bonds is 72. The Morgan fingerprint density at radius 3 is 1.15 bits per heavy atom. The van der Waals surface area contributed by atoms with Gasteiger partial charge in [-0.25, -0.2) is 14.4 Å². The fraction of sp³-hybridized carbons (Fsp3) is 0.898. The molecule has 0 bridgehead atoms. The lowest BCUT2D eigenvalue weighted by Crippen LogP contribution is -2.72. The van der Waals surface area contributed by atoms with Crippen molar-refractivity contribution in [3.05, 3.63) is 12.2 Å². The lowest BCUT2D eigenvalue weighted by Gasteiger charge is -2.53. The molecular weight excluding hydrogens is 1910 g/mol. The smallest absolute Gasteiger partial charge is 0.364 e. The van der Waals surface area contributed by atoms with Crippen LogP contribution in [-0.2, 0) is 95.2 Å². The summed E-state index contributed by atoms with van der Waals surface area (Å²) in [5.74, 6) is -23.5. The quantitative estimate of drug-likeness (QED) is 0.0274. The number of carboxylic acid groups (broad SMARTS) is 3. The number of carbonyl (C=O) groups is 8. The van der Waals surface area contributed by atoms with E-state index in [9.17, 15) is 151 Å². The number of hydrogen-bond donors (Lipinski definition) is 26. The SMILES string of the molecule is CCCCCCCC/C=C\CCCCCCCCCCCCCCCC(=O)N[C@@H](CO[C@@H]1O[C@H](CO)[C@@H](O[C@@H]2O[C@H](CO)[C@H](O[C@@H]3O[C@H](CO)[C@H](O)[C@H](O)[C@H]3CC(C)=O)[C@H](O[C@]3(C(=O)O)C[C@H](O)[C@@H](NC(C)=O)C([C@H](O)[C@@H](CO)O[C@]4(C(=O)O)C[C@H](O)[C@@H](NC(C)=O)C([C@H](O)[C@@H](CO)O[C@]5(C(=O)O)C[C@H](O)[C@@H](NC(C)=O)C([C@H](O)[C@H](O)CO)O5)O4)O3)[C@H]2O)[C@H](O)[C@H]1O)[C@H](O)CCCCCCCCCCCCCCC. The van der Waals surface area contributed by atoms with E-state index in [2.05, 4.69) is 47.3 Å². The highest BCUT2D eigenvalue weighted by atomic mass is 16.8. The van der Waals surface area contributed by atoms with E-state index in [1.54, 1.807) is 0 Å². The number of hydrogen-bond acceptors (Lipinski definition) is 39. The first kappa shape index (κ1) is 127. The van der Waals surface area contributed by atoms with Crippen LogP contribution in [-0.4, -0.2) is 413 Å². The molecule has 0 aromatic rings. The molecule has 144 heavy (non-hydrogen) atoms. The first-order valence-electron chi connectivity index (χ1n) is 52.0. The Hall–Kier alpha value is -5.54. The van der Waals surface area contributed by atoms with Crippen LogP contribution in [0.4, 0.5) is 0 Å².